The highest BCUT2D eigenvalue weighted by Crippen LogP contribution is 2.20. The van der Waals surface area contributed by atoms with E-state index in [1.807, 2.05) is 30.3 Å². The van der Waals surface area contributed by atoms with Gasteiger partial charge in [0.25, 0.3) is 5.56 Å². The van der Waals surface area contributed by atoms with E-state index in [4.69, 9.17) is 4.74 Å². The summed E-state index contributed by atoms with van der Waals surface area (Å²) in [5.41, 5.74) is 0.893. The molecule has 0 spiro atoms. The molecule has 1 aromatic carbocycles. The van der Waals surface area contributed by atoms with Gasteiger partial charge in [0, 0.05) is 26.7 Å². The molecular weight excluding hydrogens is 308 g/mol. The van der Waals surface area contributed by atoms with E-state index in [0.717, 1.165) is 15.9 Å². The van der Waals surface area contributed by atoms with Gasteiger partial charge < -0.3 is 9.30 Å². The zero-order valence-corrected chi connectivity index (χ0v) is 14.0. The molecule has 3 rings (SSSR count). The van der Waals surface area contributed by atoms with Crippen molar-refractivity contribution in [2.75, 3.05) is 7.11 Å². The molecule has 24 heavy (non-hydrogen) atoms. The molecule has 7 nitrogen and oxygen atoms in total. The zero-order valence-electron chi connectivity index (χ0n) is 14.0. The van der Waals surface area contributed by atoms with Gasteiger partial charge in [-0.05, 0) is 18.2 Å². The van der Waals surface area contributed by atoms with Crippen LogP contribution in [0.3, 0.4) is 0 Å². The molecule has 0 aliphatic heterocycles. The van der Waals surface area contributed by atoms with Crippen LogP contribution in [0.2, 0.25) is 0 Å². The number of fused-ring (bicyclic) bond motifs is 1. The first-order valence-electron chi connectivity index (χ1n) is 7.39. The molecule has 0 aliphatic rings. The lowest BCUT2D eigenvalue weighted by Crippen LogP contribution is -2.37. The van der Waals surface area contributed by atoms with Crippen molar-refractivity contribution >= 4 is 23.3 Å². The lowest BCUT2D eigenvalue weighted by Gasteiger charge is -2.03. The van der Waals surface area contributed by atoms with Crippen LogP contribution < -0.4 is 16.0 Å². The normalized spacial score (nSPS) is 11.5. The minimum absolute atomic E-state index is 0.361. The van der Waals surface area contributed by atoms with Gasteiger partial charge in [0.05, 0.1) is 7.11 Å². The number of para-hydroxylation sites is 1. The number of methoxy groups -OCH3 is 1. The Morgan fingerprint density at radius 3 is 2.42 bits per heavy atom. The molecule has 0 saturated carbocycles. The van der Waals surface area contributed by atoms with E-state index < -0.39 is 5.69 Å². The van der Waals surface area contributed by atoms with Crippen LogP contribution in [0.1, 0.15) is 11.4 Å². The molecule has 0 N–H and O–H groups in total. The summed E-state index contributed by atoms with van der Waals surface area (Å²) in [4.78, 5) is 28.8. The third-order valence-electron chi connectivity index (χ3n) is 4.06. The summed E-state index contributed by atoms with van der Waals surface area (Å²) < 4.78 is 9.45. The second kappa shape index (κ2) is 5.84. The SMILES string of the molecule is COc1ccccc1C=Cc1nc2c(c(=O)n(C)c(=O)n2C)n1C. The van der Waals surface area contributed by atoms with Crippen LogP contribution in [0.25, 0.3) is 23.3 Å². The molecule has 2 heterocycles. The summed E-state index contributed by atoms with van der Waals surface area (Å²) in [5.74, 6) is 1.32. The molecule has 7 heteroatoms. The van der Waals surface area contributed by atoms with E-state index in [9.17, 15) is 9.59 Å². The number of nitrogens with zero attached hydrogens (tertiary/aromatic N) is 4. The van der Waals surface area contributed by atoms with Crippen molar-refractivity contribution < 1.29 is 4.74 Å². The summed E-state index contributed by atoms with van der Waals surface area (Å²) in [7, 11) is 6.43. The fourth-order valence-electron chi connectivity index (χ4n) is 2.65. The molecule has 0 fully saturated rings. The second-order valence-electron chi connectivity index (χ2n) is 5.48. The Hall–Kier alpha value is -3.09. The highest BCUT2D eigenvalue weighted by Gasteiger charge is 2.15. The molecule has 0 radical (unpaired) electrons. The summed E-state index contributed by atoms with van der Waals surface area (Å²) in [5, 5.41) is 0. The number of ether oxygens (including phenoxy) is 1. The molecule has 3 aromatic rings. The number of imidazole rings is 1. The van der Waals surface area contributed by atoms with Gasteiger partial charge in [0.15, 0.2) is 11.2 Å². The Morgan fingerprint density at radius 1 is 1.00 bits per heavy atom. The van der Waals surface area contributed by atoms with Crippen LogP contribution in [-0.4, -0.2) is 25.8 Å². The summed E-state index contributed by atoms with van der Waals surface area (Å²) >= 11 is 0. The van der Waals surface area contributed by atoms with Crippen molar-refractivity contribution in [2.24, 2.45) is 21.1 Å². The first kappa shape index (κ1) is 15.8. The third kappa shape index (κ3) is 2.34. The standard InChI is InChI=1S/C17H18N4O3/c1-19-13(10-9-11-7-5-6-8-12(11)24-4)18-15-14(19)16(22)21(3)17(23)20(15)2/h5-10H,1-4H3. The quantitative estimate of drug-likeness (QED) is 0.724. The molecule has 0 bridgehead atoms. The Kier molecular flexibility index (Phi) is 3.84. The number of rotatable bonds is 3. The third-order valence-corrected chi connectivity index (χ3v) is 4.06. The van der Waals surface area contributed by atoms with Gasteiger partial charge in [0.1, 0.15) is 11.6 Å². The highest BCUT2D eigenvalue weighted by atomic mass is 16.5. The van der Waals surface area contributed by atoms with Gasteiger partial charge in [-0.25, -0.2) is 9.78 Å². The van der Waals surface area contributed by atoms with E-state index in [1.165, 1.54) is 11.6 Å². The van der Waals surface area contributed by atoms with E-state index in [-0.39, 0.29) is 5.56 Å². The van der Waals surface area contributed by atoms with Crippen molar-refractivity contribution in [3.8, 4) is 5.75 Å². The summed E-state index contributed by atoms with van der Waals surface area (Å²) in [6.45, 7) is 0. The van der Waals surface area contributed by atoms with Crippen molar-refractivity contribution in [2.45, 2.75) is 0 Å². The Labute approximate surface area is 138 Å². The fourth-order valence-corrected chi connectivity index (χ4v) is 2.65. The highest BCUT2D eigenvalue weighted by molar-refractivity contribution is 5.77. The number of aryl methyl sites for hydroxylation is 2. The lowest BCUT2D eigenvalue weighted by molar-refractivity contribution is 0.414. The smallest absolute Gasteiger partial charge is 0.332 e. The first-order valence-corrected chi connectivity index (χ1v) is 7.39. The molecule has 0 atom stereocenters. The average molecular weight is 326 g/mol. The van der Waals surface area contributed by atoms with Crippen molar-refractivity contribution in [3.63, 3.8) is 0 Å². The van der Waals surface area contributed by atoms with Gasteiger partial charge >= 0.3 is 5.69 Å². The maximum atomic E-state index is 12.4. The van der Waals surface area contributed by atoms with Crippen LogP contribution >= 0.6 is 0 Å². The van der Waals surface area contributed by atoms with Gasteiger partial charge in [-0.15, -0.1) is 0 Å². The first-order chi connectivity index (χ1) is 11.5. The predicted octanol–water partition coefficient (Wildman–Crippen LogP) is 1.15. The lowest BCUT2D eigenvalue weighted by atomic mass is 10.2. The van der Waals surface area contributed by atoms with Gasteiger partial charge in [-0.3, -0.25) is 13.9 Å². The van der Waals surface area contributed by atoms with E-state index in [2.05, 4.69) is 4.98 Å². The topological polar surface area (TPSA) is 71.1 Å². The van der Waals surface area contributed by atoms with Crippen LogP contribution in [0, 0.1) is 0 Å². The van der Waals surface area contributed by atoms with E-state index in [1.54, 1.807) is 31.8 Å². The minimum Gasteiger partial charge on any atom is -0.496 e. The van der Waals surface area contributed by atoms with E-state index >= 15 is 0 Å². The summed E-state index contributed by atoms with van der Waals surface area (Å²) in [6.07, 6.45) is 3.66. The number of hydrogen-bond acceptors (Lipinski definition) is 4. The van der Waals surface area contributed by atoms with Crippen LogP contribution in [-0.2, 0) is 21.1 Å². The molecule has 0 aliphatic carbocycles. The number of hydrogen-bond donors (Lipinski definition) is 0. The van der Waals surface area contributed by atoms with Gasteiger partial charge in [0.2, 0.25) is 0 Å². The second-order valence-corrected chi connectivity index (χ2v) is 5.48. The van der Waals surface area contributed by atoms with Crippen molar-refractivity contribution in [3.05, 3.63) is 56.5 Å². The van der Waals surface area contributed by atoms with Crippen LogP contribution in [0.4, 0.5) is 0 Å². The molecule has 0 saturated heterocycles. The maximum absolute atomic E-state index is 12.4. The van der Waals surface area contributed by atoms with Crippen molar-refractivity contribution in [1.82, 2.24) is 18.7 Å². The van der Waals surface area contributed by atoms with E-state index in [0.29, 0.717) is 17.0 Å². The molecule has 124 valence electrons. The average Bonchev–Trinajstić information content (AvgIpc) is 2.93. The Balaban J connectivity index is 2.18. The van der Waals surface area contributed by atoms with Crippen LogP contribution in [0.15, 0.2) is 33.9 Å². The Bertz CT molecular complexity index is 1070. The number of benzene rings is 1. The number of aromatic nitrogens is 4. The van der Waals surface area contributed by atoms with Crippen LogP contribution in [0.5, 0.6) is 5.75 Å². The monoisotopic (exact) mass is 326 g/mol. The molecule has 0 amide bonds. The predicted molar refractivity (Wildman–Crippen MR) is 93.1 cm³/mol. The van der Waals surface area contributed by atoms with Gasteiger partial charge in [-0.2, -0.15) is 0 Å². The summed E-state index contributed by atoms with van der Waals surface area (Å²) in [6, 6.07) is 7.60. The largest absolute Gasteiger partial charge is 0.496 e. The van der Waals surface area contributed by atoms with Gasteiger partial charge in [-0.1, -0.05) is 18.2 Å². The zero-order chi connectivity index (χ0) is 17.4. The molecule has 0 unspecified atom stereocenters. The maximum Gasteiger partial charge on any atom is 0.332 e. The minimum atomic E-state index is -0.397. The molecular formula is C17H18N4O3. The molecule has 2 aromatic heterocycles. The van der Waals surface area contributed by atoms with Crippen molar-refractivity contribution in [1.29, 1.82) is 0 Å². The Morgan fingerprint density at radius 2 is 1.71 bits per heavy atom. The fraction of sp³-hybridized carbons (Fsp3) is 0.235.